The number of unbranched alkanes of at least 4 members (excludes halogenated alkanes) is 14. The number of hydrogen-bond acceptors (Lipinski definition) is 9. The van der Waals surface area contributed by atoms with Crippen LogP contribution in [-0.2, 0) is 35.2 Å². The number of phenolic OH excluding ortho intramolecular Hbond substituents is 1. The van der Waals surface area contributed by atoms with Crippen LogP contribution in [0, 0.1) is 11.8 Å². The molecule has 0 unspecified atom stereocenters. The number of rotatable bonds is 28. The summed E-state index contributed by atoms with van der Waals surface area (Å²) < 4.78 is 0. The van der Waals surface area contributed by atoms with Gasteiger partial charge < -0.3 is 32.3 Å². The van der Waals surface area contributed by atoms with E-state index in [-0.39, 0.29) is 107 Å². The largest absolute Gasteiger partial charge is 1.00 e. The van der Waals surface area contributed by atoms with Gasteiger partial charge in [-0.3, -0.25) is 28.8 Å². The topological polar surface area (TPSA) is 217 Å². The zero-order valence-electron chi connectivity index (χ0n) is 33.5. The summed E-state index contributed by atoms with van der Waals surface area (Å²) in [5.74, 6) is -3.23. The molecule has 1 aliphatic heterocycles. The normalized spacial score (nSPS) is 18.2. The van der Waals surface area contributed by atoms with E-state index in [9.17, 15) is 33.9 Å². The number of nitrogens with two attached hydrogens (primary N) is 1. The molecule has 312 valence electrons. The molecule has 0 bridgehead atoms. The van der Waals surface area contributed by atoms with Crippen molar-refractivity contribution in [1.82, 2.24) is 10.6 Å². The van der Waals surface area contributed by atoms with E-state index in [2.05, 4.69) is 10.6 Å². The number of aliphatic carboxylic acids is 1. The van der Waals surface area contributed by atoms with Crippen molar-refractivity contribution < 1.29 is 91.8 Å². The van der Waals surface area contributed by atoms with Gasteiger partial charge in [0.05, 0.1) is 6.04 Å². The molecule has 0 aromatic heterocycles. The first-order chi connectivity index (χ1) is 26.5. The molecule has 1 heterocycles. The van der Waals surface area contributed by atoms with Crippen LogP contribution < -0.4 is 67.8 Å². The van der Waals surface area contributed by atoms with Gasteiger partial charge in [-0.05, 0) is 68.0 Å². The monoisotopic (exact) mass is 846 g/mol. The molecular formula is C41H67KN4O8S2. The maximum absolute atomic E-state index is 13.5. The summed E-state index contributed by atoms with van der Waals surface area (Å²) in [5, 5.41) is 23.9. The van der Waals surface area contributed by atoms with Gasteiger partial charge in [-0.2, -0.15) is 0 Å². The van der Waals surface area contributed by atoms with Crippen molar-refractivity contribution in [2.45, 2.75) is 153 Å². The fourth-order valence-electron chi connectivity index (χ4n) is 6.63. The van der Waals surface area contributed by atoms with Crippen LogP contribution in [0.1, 0.15) is 142 Å². The Kier molecular flexibility index (Phi) is 30.4. The molecule has 7 N–H and O–H groups in total. The second-order valence-corrected chi connectivity index (χ2v) is 17.4. The average molecular weight is 847 g/mol. The number of aromatic hydroxyl groups is 1. The minimum Gasteiger partial charge on any atom is -0.666 e. The molecule has 4 atom stereocenters. The van der Waals surface area contributed by atoms with E-state index in [4.69, 9.17) is 16.6 Å². The number of carbonyl (C=O) groups excluding carboxylic acids is 5. The number of ketones is 2. The van der Waals surface area contributed by atoms with Gasteiger partial charge in [0.1, 0.15) is 11.5 Å². The molecule has 0 spiro atoms. The van der Waals surface area contributed by atoms with Gasteiger partial charge in [-0.15, -0.1) is 0 Å². The van der Waals surface area contributed by atoms with Crippen molar-refractivity contribution in [2.24, 2.45) is 17.6 Å². The fraction of sp³-hybridized carbons (Fsp3) is 0.707. The van der Waals surface area contributed by atoms with Gasteiger partial charge in [0.2, 0.25) is 17.7 Å². The van der Waals surface area contributed by atoms with E-state index >= 15 is 0 Å². The summed E-state index contributed by atoms with van der Waals surface area (Å²) in [7, 11) is 2.65. The quantitative estimate of drug-likeness (QED) is 0.0444. The predicted molar refractivity (Wildman–Crippen MR) is 223 cm³/mol. The molecule has 15 heteroatoms. The van der Waals surface area contributed by atoms with Crippen LogP contribution in [0.15, 0.2) is 24.3 Å². The molecule has 0 radical (unpaired) electrons. The van der Waals surface area contributed by atoms with E-state index in [1.165, 1.54) is 85.1 Å². The van der Waals surface area contributed by atoms with Gasteiger partial charge in [-0.25, -0.2) is 0 Å². The number of carboxylic acid groups (broad SMARTS) is 1. The zero-order valence-corrected chi connectivity index (χ0v) is 38.3. The standard InChI is InChI=1S/C41H65N4O8S2.K.H2/c42-34-29-55-54-28-32(36(47)26-31(40(43)52)25-30-20-22-33(46)23-21-30)27-37(48)35(45-41(34)53)17-15-16-24-44-38(49)18-13-11-9-7-5-3-1-2-4-6-8-10-12-14-19-39(50)51;;/h20-23,31-32,34-35,42,46H,1-19,24-29H2,(H2,43,52)(H,44,49)(H,45,53)(H,50,51);;1H/q-1;+1;/t31-,32+,34+,35+;;/m1../s1. The van der Waals surface area contributed by atoms with Crippen molar-refractivity contribution in [1.29, 1.82) is 0 Å². The van der Waals surface area contributed by atoms with E-state index in [0.717, 1.165) is 44.1 Å². The second kappa shape index (κ2) is 32.4. The Bertz CT molecular complexity index is 1330. The van der Waals surface area contributed by atoms with Crippen LogP contribution >= 0.6 is 21.6 Å². The van der Waals surface area contributed by atoms with Gasteiger partial charge in [0.25, 0.3) is 0 Å². The number of nitrogens with one attached hydrogen (secondary N) is 3. The van der Waals surface area contributed by atoms with E-state index in [1.54, 1.807) is 12.1 Å². The van der Waals surface area contributed by atoms with Crippen LogP contribution in [0.5, 0.6) is 5.75 Å². The third-order valence-electron chi connectivity index (χ3n) is 10.1. The molecule has 1 fully saturated rings. The van der Waals surface area contributed by atoms with Gasteiger partial charge in [0.15, 0.2) is 5.78 Å². The molecule has 2 rings (SSSR count). The van der Waals surface area contributed by atoms with Gasteiger partial charge in [-0.1, -0.05) is 111 Å². The Balaban J connectivity index is 0.0000157. The Hall–Kier alpha value is -1.46. The van der Waals surface area contributed by atoms with Crippen molar-refractivity contribution in [2.75, 3.05) is 18.1 Å². The van der Waals surface area contributed by atoms with Crippen molar-refractivity contribution in [3.63, 3.8) is 0 Å². The number of amides is 3. The first-order valence-electron chi connectivity index (χ1n) is 20.3. The second-order valence-electron chi connectivity index (χ2n) is 14.9. The smallest absolute Gasteiger partial charge is 0.666 e. The predicted octanol–water partition coefficient (Wildman–Crippen LogP) is 4.73. The summed E-state index contributed by atoms with van der Waals surface area (Å²) in [5.41, 5.74) is 14.6. The van der Waals surface area contributed by atoms with Gasteiger partial charge >= 0.3 is 57.4 Å². The molecule has 0 aliphatic carbocycles. The summed E-state index contributed by atoms with van der Waals surface area (Å²) in [4.78, 5) is 74.9. The molecule has 0 saturated carbocycles. The van der Waals surface area contributed by atoms with Crippen molar-refractivity contribution in [3.8, 4) is 5.75 Å². The Morgan fingerprint density at radius 2 is 1.36 bits per heavy atom. The molecule has 56 heavy (non-hydrogen) atoms. The summed E-state index contributed by atoms with van der Waals surface area (Å²) in [6.07, 6.45) is 18.1. The number of hydrogen-bond donors (Lipinski definition) is 5. The maximum Gasteiger partial charge on any atom is 1.00 e. The Morgan fingerprint density at radius 3 is 1.91 bits per heavy atom. The average Bonchev–Trinajstić information content (AvgIpc) is 3.16. The molecule has 1 saturated heterocycles. The van der Waals surface area contributed by atoms with Crippen molar-refractivity contribution in [3.05, 3.63) is 35.6 Å². The first kappa shape index (κ1) is 52.6. The van der Waals surface area contributed by atoms with Crippen molar-refractivity contribution >= 4 is 56.8 Å². The van der Waals surface area contributed by atoms with Crippen LogP contribution in [0.25, 0.3) is 5.73 Å². The Labute approximate surface area is 386 Å². The molecule has 1 aromatic carbocycles. The fourth-order valence-corrected chi connectivity index (χ4v) is 9.06. The number of Topliss-reactive ketones (excluding diaryl/α,β-unsaturated/α-hetero) is 2. The zero-order chi connectivity index (χ0) is 40.3. The molecular weight excluding hydrogens is 780 g/mol. The van der Waals surface area contributed by atoms with E-state index in [1.807, 2.05) is 0 Å². The van der Waals surface area contributed by atoms with E-state index < -0.39 is 41.7 Å². The third kappa shape index (κ3) is 25.1. The summed E-state index contributed by atoms with van der Waals surface area (Å²) in [6, 6.07) is 4.44. The molecule has 12 nitrogen and oxygen atoms in total. The minimum atomic E-state index is -1.06. The number of phenols is 1. The minimum absolute atomic E-state index is 0. The van der Waals surface area contributed by atoms with Crippen LogP contribution in [0.4, 0.5) is 0 Å². The number of carbonyl (C=O) groups is 6. The molecule has 3 amide bonds. The number of carboxylic acids is 1. The molecule has 1 aliphatic rings. The number of primary amides is 1. The third-order valence-corrected chi connectivity index (χ3v) is 12.6. The van der Waals surface area contributed by atoms with Crippen LogP contribution in [0.2, 0.25) is 0 Å². The number of benzene rings is 1. The van der Waals surface area contributed by atoms with Gasteiger partial charge in [0, 0.05) is 51.2 Å². The first-order valence-corrected chi connectivity index (χ1v) is 22.8. The summed E-state index contributed by atoms with van der Waals surface area (Å²) >= 11 is 0. The SMILES string of the molecule is [HH].[K+].[NH-][C@H]1CSSC[C@@H](C(=O)C[C@@H](Cc2ccc(O)cc2)C(N)=O)CC(=O)[C@H](CCCCNC(=O)CCCCCCCCCCCCCCCCC(=O)O)NC1=O. The van der Waals surface area contributed by atoms with Crippen LogP contribution in [0.3, 0.4) is 0 Å². The summed E-state index contributed by atoms with van der Waals surface area (Å²) in [6.45, 7) is 0.462. The molecule has 1 aromatic rings. The maximum atomic E-state index is 13.5. The Morgan fingerprint density at radius 1 is 0.821 bits per heavy atom. The van der Waals surface area contributed by atoms with E-state index in [0.29, 0.717) is 38.0 Å². The van der Waals surface area contributed by atoms with Crippen LogP contribution in [-0.4, -0.2) is 75.6 Å².